The molecule has 0 aromatic rings. The third-order valence-corrected chi connectivity index (χ3v) is 14.4. The molecule has 69 heavy (non-hydrogen) atoms. The minimum atomic E-state index is -1.11. The zero-order valence-corrected chi connectivity index (χ0v) is 46.5. The van der Waals surface area contributed by atoms with Crippen molar-refractivity contribution in [1.29, 1.82) is 0 Å². The quantitative estimate of drug-likeness (QED) is 0.0361. The zero-order chi connectivity index (χ0) is 50.0. The first kappa shape index (κ1) is 67.3. The number of unbranched alkanes of at least 4 members (excludes halogenated alkanes) is 43. The highest BCUT2D eigenvalue weighted by molar-refractivity contribution is 5.80. The van der Waals surface area contributed by atoms with E-state index >= 15 is 0 Å². The van der Waals surface area contributed by atoms with E-state index in [4.69, 9.17) is 0 Å². The van der Waals surface area contributed by atoms with Crippen LogP contribution in [-0.2, 0) is 4.79 Å². The van der Waals surface area contributed by atoms with Crippen LogP contribution in [0.2, 0.25) is 0 Å². The molecule has 1 amide bonds. The summed E-state index contributed by atoms with van der Waals surface area (Å²) in [4.78, 5) is 12.6. The van der Waals surface area contributed by atoms with Crippen molar-refractivity contribution in [3.8, 4) is 0 Å². The molecule has 0 rings (SSSR count). The number of hydrogen-bond donors (Lipinski definition) is 4. The van der Waals surface area contributed by atoms with Gasteiger partial charge in [-0.3, -0.25) is 4.79 Å². The molecule has 0 bridgehead atoms. The molecule has 3 atom stereocenters. The highest BCUT2D eigenvalue weighted by Gasteiger charge is 2.22. The second-order valence-electron chi connectivity index (χ2n) is 21.2. The number of carbonyl (C=O) groups is 1. The standard InChI is InChI=1S/C64H121NO4/c1-3-5-7-9-11-13-15-17-19-21-23-25-27-29-30-31-32-33-34-35-37-39-41-43-45-47-49-51-53-55-57-59-63(68)64(69)65-61(60-66)62(67)58-56-54-52-50-48-46-44-42-40-38-36-28-26-24-22-20-18-16-14-12-10-8-6-4-2/h29-30,40,42,48,50,56,58,61-63,66-68H,3-28,31-39,41,43-47,49,51-55,57,59-60H2,1-2H3,(H,65,69)/b30-29-,42-40+,50-48+,58-56+. The number of carbonyl (C=O) groups excluding carboxylic acids is 1. The van der Waals surface area contributed by atoms with E-state index in [1.54, 1.807) is 6.08 Å². The lowest BCUT2D eigenvalue weighted by Gasteiger charge is -2.21. The number of nitrogens with one attached hydrogen (secondary N) is 1. The van der Waals surface area contributed by atoms with Gasteiger partial charge in [0, 0.05) is 0 Å². The molecule has 0 saturated heterocycles. The number of rotatable bonds is 57. The average molecular weight is 969 g/mol. The summed E-state index contributed by atoms with van der Waals surface area (Å²) in [5.74, 6) is -0.513. The van der Waals surface area contributed by atoms with Crippen LogP contribution in [-0.4, -0.2) is 46.1 Å². The Labute approximate surface area is 431 Å². The van der Waals surface area contributed by atoms with Crippen LogP contribution in [0.3, 0.4) is 0 Å². The number of allylic oxidation sites excluding steroid dienone is 7. The van der Waals surface area contributed by atoms with E-state index in [9.17, 15) is 20.1 Å². The van der Waals surface area contributed by atoms with E-state index in [2.05, 4.69) is 55.6 Å². The average Bonchev–Trinajstić information content (AvgIpc) is 3.35. The van der Waals surface area contributed by atoms with Gasteiger partial charge in [0.25, 0.3) is 0 Å². The van der Waals surface area contributed by atoms with Crippen molar-refractivity contribution in [2.45, 2.75) is 347 Å². The van der Waals surface area contributed by atoms with Crippen molar-refractivity contribution in [3.63, 3.8) is 0 Å². The van der Waals surface area contributed by atoms with Crippen LogP contribution >= 0.6 is 0 Å². The molecule has 5 nitrogen and oxygen atoms in total. The second kappa shape index (κ2) is 58.9. The highest BCUT2D eigenvalue weighted by atomic mass is 16.3. The summed E-state index contributed by atoms with van der Waals surface area (Å²) in [6, 6.07) is -0.823. The normalized spacial score (nSPS) is 13.5. The summed E-state index contributed by atoms with van der Waals surface area (Å²) < 4.78 is 0. The molecule has 0 radical (unpaired) electrons. The Morgan fingerprint density at radius 3 is 0.884 bits per heavy atom. The van der Waals surface area contributed by atoms with Crippen molar-refractivity contribution < 1.29 is 20.1 Å². The highest BCUT2D eigenvalue weighted by Crippen LogP contribution is 2.17. The van der Waals surface area contributed by atoms with Crippen LogP contribution in [0.4, 0.5) is 0 Å². The molecule has 0 aliphatic rings. The predicted molar refractivity (Wildman–Crippen MR) is 305 cm³/mol. The summed E-state index contributed by atoms with van der Waals surface area (Å²) in [7, 11) is 0. The van der Waals surface area contributed by atoms with Gasteiger partial charge in [-0.2, -0.15) is 0 Å². The molecule has 3 unspecified atom stereocenters. The van der Waals surface area contributed by atoms with Crippen LogP contribution in [0.1, 0.15) is 328 Å². The molecule has 0 spiro atoms. The number of hydrogen-bond acceptors (Lipinski definition) is 4. The predicted octanol–water partition coefficient (Wildman–Crippen LogP) is 19.6. The van der Waals surface area contributed by atoms with Crippen LogP contribution in [0.15, 0.2) is 48.6 Å². The van der Waals surface area contributed by atoms with Gasteiger partial charge >= 0.3 is 0 Å². The third kappa shape index (κ3) is 53.9. The zero-order valence-electron chi connectivity index (χ0n) is 46.5. The Kier molecular flexibility index (Phi) is 57.4. The number of aliphatic hydroxyl groups excluding tert-OH is 3. The maximum absolute atomic E-state index is 12.6. The van der Waals surface area contributed by atoms with Crippen LogP contribution in [0.25, 0.3) is 0 Å². The van der Waals surface area contributed by atoms with E-state index in [1.807, 2.05) is 6.08 Å². The van der Waals surface area contributed by atoms with Crippen LogP contribution in [0.5, 0.6) is 0 Å². The summed E-state index contributed by atoms with van der Waals surface area (Å²) >= 11 is 0. The van der Waals surface area contributed by atoms with Crippen molar-refractivity contribution in [1.82, 2.24) is 5.32 Å². The monoisotopic (exact) mass is 968 g/mol. The van der Waals surface area contributed by atoms with Gasteiger partial charge in [-0.25, -0.2) is 0 Å². The van der Waals surface area contributed by atoms with Crippen molar-refractivity contribution in [2.24, 2.45) is 0 Å². The summed E-state index contributed by atoms with van der Waals surface area (Å²) in [5, 5.41) is 33.4. The van der Waals surface area contributed by atoms with E-state index in [1.165, 1.54) is 263 Å². The van der Waals surface area contributed by atoms with Gasteiger partial charge in [0.15, 0.2) is 0 Å². The van der Waals surface area contributed by atoms with Crippen LogP contribution in [0, 0.1) is 0 Å². The lowest BCUT2D eigenvalue weighted by molar-refractivity contribution is -0.131. The topological polar surface area (TPSA) is 89.8 Å². The molecule has 0 aromatic carbocycles. The number of amides is 1. The van der Waals surface area contributed by atoms with E-state index in [0.29, 0.717) is 6.42 Å². The van der Waals surface area contributed by atoms with E-state index in [-0.39, 0.29) is 6.61 Å². The largest absolute Gasteiger partial charge is 0.394 e. The molecule has 5 heteroatoms. The van der Waals surface area contributed by atoms with Gasteiger partial charge in [-0.05, 0) is 70.6 Å². The maximum Gasteiger partial charge on any atom is 0.249 e. The first-order valence-electron chi connectivity index (χ1n) is 31.0. The molecule has 0 aliphatic heterocycles. The van der Waals surface area contributed by atoms with Gasteiger partial charge in [-0.15, -0.1) is 0 Å². The van der Waals surface area contributed by atoms with Gasteiger partial charge in [-0.1, -0.05) is 306 Å². The minimum absolute atomic E-state index is 0.380. The molecule has 0 fully saturated rings. The van der Waals surface area contributed by atoms with Crippen molar-refractivity contribution >= 4 is 5.91 Å². The van der Waals surface area contributed by atoms with Gasteiger partial charge in [0.2, 0.25) is 5.91 Å². The molecule has 0 aliphatic carbocycles. The third-order valence-electron chi connectivity index (χ3n) is 14.4. The molecule has 4 N–H and O–H groups in total. The fraction of sp³-hybridized carbons (Fsp3) is 0.859. The Morgan fingerprint density at radius 1 is 0.348 bits per heavy atom. The van der Waals surface area contributed by atoms with E-state index < -0.39 is 24.2 Å². The Balaban J connectivity index is 3.58. The number of aliphatic hydroxyl groups is 3. The van der Waals surface area contributed by atoms with Crippen molar-refractivity contribution in [2.75, 3.05) is 6.61 Å². The second-order valence-corrected chi connectivity index (χ2v) is 21.2. The van der Waals surface area contributed by atoms with Crippen LogP contribution < -0.4 is 5.32 Å². The molecule has 0 saturated carbocycles. The smallest absolute Gasteiger partial charge is 0.249 e. The fourth-order valence-electron chi connectivity index (χ4n) is 9.57. The summed E-state index contributed by atoms with van der Waals surface area (Å²) in [5.41, 5.74) is 0. The SMILES string of the molecule is CCCCCCCCCCCCCC/C=C\CCCCCCCCCCCCCCCCCC(O)C(=O)NC(CO)C(O)/C=C/CC/C=C/CC/C=C/CCCCCCCCCCCCCCCC. The first-order chi connectivity index (χ1) is 34.1. The first-order valence-corrected chi connectivity index (χ1v) is 31.0. The molecule has 0 aromatic heterocycles. The molecule has 0 heterocycles. The van der Waals surface area contributed by atoms with Gasteiger partial charge in [0.05, 0.1) is 18.8 Å². The Morgan fingerprint density at radius 2 is 0.594 bits per heavy atom. The minimum Gasteiger partial charge on any atom is -0.394 e. The summed E-state index contributed by atoms with van der Waals surface area (Å²) in [6.45, 7) is 4.20. The van der Waals surface area contributed by atoms with E-state index in [0.717, 1.165) is 44.9 Å². The molecular weight excluding hydrogens is 847 g/mol. The van der Waals surface area contributed by atoms with Crippen molar-refractivity contribution in [3.05, 3.63) is 48.6 Å². The summed E-state index contributed by atoms with van der Waals surface area (Å²) in [6.07, 6.45) is 79.3. The van der Waals surface area contributed by atoms with Gasteiger partial charge < -0.3 is 20.6 Å². The lowest BCUT2D eigenvalue weighted by atomic mass is 10.0. The Bertz CT molecular complexity index is 1110. The van der Waals surface area contributed by atoms with Gasteiger partial charge in [0.1, 0.15) is 6.10 Å². The Hall–Kier alpha value is -1.69. The fourth-order valence-corrected chi connectivity index (χ4v) is 9.57. The lowest BCUT2D eigenvalue weighted by Crippen LogP contribution is -2.48. The molecule has 406 valence electrons. The molecular formula is C64H121NO4. The maximum atomic E-state index is 12.6.